The van der Waals surface area contributed by atoms with Gasteiger partial charge in [0.2, 0.25) is 0 Å². The summed E-state index contributed by atoms with van der Waals surface area (Å²) >= 11 is 0. The van der Waals surface area contributed by atoms with Crippen molar-refractivity contribution >= 4 is 7.60 Å². The van der Waals surface area contributed by atoms with Gasteiger partial charge in [-0.15, -0.1) is 0 Å². The van der Waals surface area contributed by atoms with Crippen molar-refractivity contribution in [1.82, 2.24) is 0 Å². The molecule has 1 fully saturated rings. The summed E-state index contributed by atoms with van der Waals surface area (Å²) in [6.45, 7) is 7.43. The van der Waals surface area contributed by atoms with Crippen LogP contribution in [0.3, 0.4) is 0 Å². The zero-order valence-corrected chi connectivity index (χ0v) is 12.0. The molecule has 2 rings (SSSR count). The molecule has 1 aromatic carbocycles. The predicted octanol–water partition coefficient (Wildman–Crippen LogP) is 3.79. The van der Waals surface area contributed by atoms with E-state index in [1.807, 2.05) is 58.0 Å². The van der Waals surface area contributed by atoms with Gasteiger partial charge in [-0.2, -0.15) is 0 Å². The van der Waals surface area contributed by atoms with Gasteiger partial charge in [-0.1, -0.05) is 24.1 Å². The van der Waals surface area contributed by atoms with Gasteiger partial charge in [0.1, 0.15) is 11.2 Å². The molecular weight excluding hydrogens is 247 g/mol. The van der Waals surface area contributed by atoms with Gasteiger partial charge in [0.15, 0.2) is 0 Å². The van der Waals surface area contributed by atoms with Crippen molar-refractivity contribution in [1.29, 1.82) is 0 Å². The molecule has 1 aliphatic rings. The van der Waals surface area contributed by atoms with E-state index in [0.29, 0.717) is 0 Å². The van der Waals surface area contributed by atoms with Crippen molar-refractivity contribution in [3.8, 4) is 11.6 Å². The molecular formula is C14H17O3P. The van der Waals surface area contributed by atoms with E-state index in [9.17, 15) is 4.57 Å². The first-order valence-corrected chi connectivity index (χ1v) is 7.38. The average molecular weight is 264 g/mol. The molecule has 0 bridgehead atoms. The second kappa shape index (κ2) is 4.24. The highest BCUT2D eigenvalue weighted by molar-refractivity contribution is 7.59. The number of benzene rings is 1. The summed E-state index contributed by atoms with van der Waals surface area (Å²) in [7, 11) is -3.34. The molecule has 1 aromatic rings. The Balaban J connectivity index is 2.27. The molecule has 1 aliphatic heterocycles. The molecule has 0 saturated carbocycles. The van der Waals surface area contributed by atoms with E-state index < -0.39 is 18.8 Å². The first kappa shape index (κ1) is 13.4. The highest BCUT2D eigenvalue weighted by atomic mass is 31.2. The lowest BCUT2D eigenvalue weighted by atomic mass is 9.90. The molecule has 0 N–H and O–H groups in total. The van der Waals surface area contributed by atoms with Gasteiger partial charge in [-0.05, 0) is 39.8 Å². The third-order valence-electron chi connectivity index (χ3n) is 3.26. The summed E-state index contributed by atoms with van der Waals surface area (Å²) in [5.74, 6) is 2.84. The van der Waals surface area contributed by atoms with Crippen molar-refractivity contribution in [2.45, 2.75) is 38.9 Å². The first-order valence-electron chi connectivity index (χ1n) is 5.84. The fourth-order valence-electron chi connectivity index (χ4n) is 1.54. The molecule has 1 heterocycles. The van der Waals surface area contributed by atoms with Crippen molar-refractivity contribution in [2.24, 2.45) is 0 Å². The third-order valence-corrected chi connectivity index (χ3v) is 5.04. The van der Waals surface area contributed by atoms with Gasteiger partial charge in [0.25, 0.3) is 0 Å². The van der Waals surface area contributed by atoms with Gasteiger partial charge in [0, 0.05) is 11.2 Å². The Kier molecular flexibility index (Phi) is 3.15. The molecule has 0 aromatic heterocycles. The van der Waals surface area contributed by atoms with Crippen LogP contribution in [0.2, 0.25) is 0 Å². The van der Waals surface area contributed by atoms with Crippen LogP contribution >= 0.6 is 7.60 Å². The van der Waals surface area contributed by atoms with Crippen LogP contribution in [0, 0.1) is 11.6 Å². The average Bonchev–Trinajstić information content (AvgIpc) is 2.42. The predicted molar refractivity (Wildman–Crippen MR) is 71.3 cm³/mol. The summed E-state index contributed by atoms with van der Waals surface area (Å²) in [6.07, 6.45) is 0. The van der Waals surface area contributed by atoms with Crippen molar-refractivity contribution < 1.29 is 13.6 Å². The Bertz CT molecular complexity index is 529. The normalized spacial score (nSPS) is 23.1. The summed E-state index contributed by atoms with van der Waals surface area (Å²) in [5.41, 5.74) is 2.21. The van der Waals surface area contributed by atoms with Crippen LogP contribution in [0.25, 0.3) is 0 Å². The molecule has 3 nitrogen and oxygen atoms in total. The van der Waals surface area contributed by atoms with Crippen LogP contribution in [0.15, 0.2) is 30.3 Å². The standard InChI is InChI=1S/C14H17O3P/c1-13(2)14(3,4)17-18(15,16-13)11-10-12-8-6-5-7-9-12/h5-9H,1-4H3. The van der Waals surface area contributed by atoms with Crippen LogP contribution in [0.1, 0.15) is 33.3 Å². The quantitative estimate of drug-likeness (QED) is 0.528. The fraction of sp³-hybridized carbons (Fsp3) is 0.429. The van der Waals surface area contributed by atoms with Crippen LogP contribution in [-0.4, -0.2) is 11.2 Å². The zero-order valence-electron chi connectivity index (χ0n) is 11.1. The maximum Gasteiger partial charge on any atom is 0.407 e. The maximum atomic E-state index is 12.4. The first-order chi connectivity index (χ1) is 8.24. The van der Waals surface area contributed by atoms with E-state index in [4.69, 9.17) is 9.05 Å². The monoisotopic (exact) mass is 264 g/mol. The van der Waals surface area contributed by atoms with E-state index in [0.717, 1.165) is 5.56 Å². The van der Waals surface area contributed by atoms with Crippen LogP contribution < -0.4 is 0 Å². The molecule has 1 saturated heterocycles. The summed E-state index contributed by atoms with van der Waals surface area (Å²) in [5, 5.41) is 0. The van der Waals surface area contributed by atoms with Crippen molar-refractivity contribution in [3.05, 3.63) is 35.9 Å². The molecule has 0 spiro atoms. The Labute approximate surface area is 108 Å². The summed E-state index contributed by atoms with van der Waals surface area (Å²) < 4.78 is 23.5. The Morgan fingerprint density at radius 3 is 2.00 bits per heavy atom. The smallest absolute Gasteiger partial charge is 0.290 e. The maximum absolute atomic E-state index is 12.4. The minimum absolute atomic E-state index is 0.617. The van der Waals surface area contributed by atoms with Crippen LogP contribution in [-0.2, 0) is 13.6 Å². The Hall–Kier alpha value is -1.07. The Morgan fingerprint density at radius 2 is 1.50 bits per heavy atom. The van der Waals surface area contributed by atoms with Crippen molar-refractivity contribution in [3.63, 3.8) is 0 Å². The largest absolute Gasteiger partial charge is 0.407 e. The molecule has 18 heavy (non-hydrogen) atoms. The SMILES string of the molecule is CC1(C)OP(=O)(C#Cc2ccccc2)OC1(C)C. The lowest BCUT2D eigenvalue weighted by molar-refractivity contribution is 0.00578. The number of hydrogen-bond acceptors (Lipinski definition) is 3. The molecule has 0 radical (unpaired) electrons. The highest BCUT2D eigenvalue weighted by Gasteiger charge is 2.54. The topological polar surface area (TPSA) is 35.5 Å². The van der Waals surface area contributed by atoms with Gasteiger partial charge in [0.05, 0.1) is 0 Å². The van der Waals surface area contributed by atoms with E-state index in [2.05, 4.69) is 11.6 Å². The minimum atomic E-state index is -3.34. The third kappa shape index (κ3) is 2.52. The van der Waals surface area contributed by atoms with Gasteiger partial charge in [-0.25, -0.2) is 4.57 Å². The second-order valence-corrected chi connectivity index (χ2v) is 6.89. The molecule has 96 valence electrons. The fourth-order valence-corrected chi connectivity index (χ4v) is 3.58. The summed E-state index contributed by atoms with van der Waals surface area (Å²) in [4.78, 5) is 0. The van der Waals surface area contributed by atoms with Crippen LogP contribution in [0.5, 0.6) is 0 Å². The molecule has 0 atom stereocenters. The van der Waals surface area contributed by atoms with Crippen molar-refractivity contribution in [2.75, 3.05) is 0 Å². The van der Waals surface area contributed by atoms with Gasteiger partial charge < -0.3 is 0 Å². The van der Waals surface area contributed by atoms with E-state index in [1.54, 1.807) is 0 Å². The van der Waals surface area contributed by atoms with Gasteiger partial charge >= 0.3 is 7.60 Å². The zero-order chi connectivity index (χ0) is 13.4. The van der Waals surface area contributed by atoms with E-state index in [1.165, 1.54) is 0 Å². The lowest BCUT2D eigenvalue weighted by Crippen LogP contribution is -2.41. The molecule has 0 amide bonds. The minimum Gasteiger partial charge on any atom is -0.290 e. The highest BCUT2D eigenvalue weighted by Crippen LogP contribution is 2.63. The molecule has 0 unspecified atom stereocenters. The number of rotatable bonds is 0. The lowest BCUT2D eigenvalue weighted by Gasteiger charge is -2.29. The summed E-state index contributed by atoms with van der Waals surface area (Å²) in [6, 6.07) is 9.37. The van der Waals surface area contributed by atoms with E-state index in [-0.39, 0.29) is 0 Å². The number of hydrogen-bond donors (Lipinski definition) is 0. The second-order valence-electron chi connectivity index (χ2n) is 5.30. The van der Waals surface area contributed by atoms with E-state index >= 15 is 0 Å². The van der Waals surface area contributed by atoms with Crippen LogP contribution in [0.4, 0.5) is 0 Å². The van der Waals surface area contributed by atoms with Gasteiger partial charge in [-0.3, -0.25) is 9.05 Å². The Morgan fingerprint density at radius 1 is 1.00 bits per heavy atom. The molecule has 4 heteroatoms. The molecule has 0 aliphatic carbocycles.